The van der Waals surface area contributed by atoms with E-state index in [-0.39, 0.29) is 51.6 Å². The molecule has 6 aliphatic rings. The van der Waals surface area contributed by atoms with Crippen LogP contribution in [-0.2, 0) is 27.4 Å². The zero-order chi connectivity index (χ0) is 49.5. The van der Waals surface area contributed by atoms with E-state index >= 15 is 0 Å². The highest BCUT2D eigenvalue weighted by Gasteiger charge is 2.55. The highest BCUT2D eigenvalue weighted by Crippen LogP contribution is 2.64. The van der Waals surface area contributed by atoms with Crippen molar-refractivity contribution < 1.29 is 19.1 Å². The van der Waals surface area contributed by atoms with Crippen LogP contribution in [0.1, 0.15) is 124 Å². The standard InChI is InChI=1S/C63H72N4O4/c1-41(2)49-26-28-60(4)30-32-62(6)51(55(49)60)24-22-45(57(68)66-47-18-10-8-11-19-47)38-53(62)70-40-44-17-14-16-43(37-44)36-42(3)50-27-29-61(5)31-33-63(7)52(56(50)61)25-23-46(58(69)67-48-20-12-9-13-21-48)39-54(63)71-59-64-34-15-35-65-59/h8-25,34-35,37,41-42,53-54H,26-33,36,38-40H2,1-7H3,(H,66,68)(H,67,69)/t42?,53-,54?,60+,61+,62+,63+/m0/s1. The van der Waals surface area contributed by atoms with Crippen LogP contribution in [0, 0.1) is 33.5 Å². The monoisotopic (exact) mass is 949 g/mol. The van der Waals surface area contributed by atoms with E-state index in [9.17, 15) is 9.59 Å². The molecule has 0 saturated heterocycles. The largest absolute Gasteiger partial charge is 0.459 e. The van der Waals surface area contributed by atoms with Gasteiger partial charge in [-0.05, 0) is 144 Å². The number of nitrogens with zero attached hydrogens (tertiary/aromatic N) is 2. The summed E-state index contributed by atoms with van der Waals surface area (Å²) in [7, 11) is 0. The van der Waals surface area contributed by atoms with Gasteiger partial charge in [-0.2, -0.15) is 0 Å². The predicted molar refractivity (Wildman–Crippen MR) is 284 cm³/mol. The summed E-state index contributed by atoms with van der Waals surface area (Å²) in [6.07, 6.45) is 22.0. The van der Waals surface area contributed by atoms with Gasteiger partial charge in [0.2, 0.25) is 0 Å². The zero-order valence-electron chi connectivity index (χ0n) is 42.9. The van der Waals surface area contributed by atoms with Gasteiger partial charge in [0.15, 0.2) is 0 Å². The Labute approximate surface area is 421 Å². The molecule has 0 radical (unpaired) electrons. The van der Waals surface area contributed by atoms with Gasteiger partial charge >= 0.3 is 6.01 Å². The molecule has 2 unspecified atom stereocenters. The predicted octanol–water partition coefficient (Wildman–Crippen LogP) is 14.2. The van der Waals surface area contributed by atoms with Crippen molar-refractivity contribution in [3.05, 3.63) is 183 Å². The average Bonchev–Trinajstić information content (AvgIpc) is 3.81. The lowest BCUT2D eigenvalue weighted by atomic mass is 9.57. The number of allylic oxidation sites excluding steroid dienone is 8. The van der Waals surface area contributed by atoms with Gasteiger partial charge in [-0.3, -0.25) is 9.59 Å². The van der Waals surface area contributed by atoms with Crippen molar-refractivity contribution in [3.8, 4) is 6.01 Å². The van der Waals surface area contributed by atoms with Crippen molar-refractivity contribution >= 4 is 23.2 Å². The van der Waals surface area contributed by atoms with E-state index in [0.29, 0.717) is 37.0 Å². The number of rotatable bonds is 13. The summed E-state index contributed by atoms with van der Waals surface area (Å²) in [6, 6.07) is 30.5. The molecule has 2 amide bonds. The fourth-order valence-corrected chi connectivity index (χ4v) is 13.4. The maximum Gasteiger partial charge on any atom is 0.316 e. The number of anilines is 2. The molecule has 6 aliphatic carbocycles. The number of fused-ring (bicyclic) bond motifs is 6. The summed E-state index contributed by atoms with van der Waals surface area (Å²) in [5, 5.41) is 6.32. The Morgan fingerprint density at radius 3 is 1.70 bits per heavy atom. The molecule has 4 aromatic rings. The molecule has 0 aliphatic heterocycles. The first-order valence-corrected chi connectivity index (χ1v) is 26.3. The number of carbonyl (C=O) groups is 2. The third-order valence-corrected chi connectivity index (χ3v) is 17.7. The second-order valence-electron chi connectivity index (χ2n) is 22.9. The Morgan fingerprint density at radius 2 is 1.13 bits per heavy atom. The molecule has 2 saturated carbocycles. The van der Waals surface area contributed by atoms with Gasteiger partial charge in [0.25, 0.3) is 11.8 Å². The smallest absolute Gasteiger partial charge is 0.316 e. The number of aromatic nitrogens is 2. The van der Waals surface area contributed by atoms with Gasteiger partial charge in [0, 0.05) is 58.6 Å². The first-order valence-electron chi connectivity index (χ1n) is 26.3. The SMILES string of the molecule is CC(C)C1=C2C3=CC=C(C(=O)Nc4ccccc4)C[C@H](OCc4cccc(CC(C)C5=C6C7=CC=C(C(=O)Nc8ccccc8)CC(Oc8ncccn8)[C@]7(C)CC[C@@]6(C)CC5)c4)[C@]3(C)CC[C@@]2(C)CC1. The molecule has 368 valence electrons. The van der Waals surface area contributed by atoms with Crippen LogP contribution < -0.4 is 15.4 Å². The Morgan fingerprint density at radius 1 is 0.606 bits per heavy atom. The van der Waals surface area contributed by atoms with E-state index in [4.69, 9.17) is 9.47 Å². The number of ether oxygens (including phenoxy) is 2. The average molecular weight is 949 g/mol. The molecule has 8 heteroatoms. The molecule has 0 spiro atoms. The highest BCUT2D eigenvalue weighted by molar-refractivity contribution is 6.04. The minimum absolute atomic E-state index is 0.0253. The number of hydrogen-bond acceptors (Lipinski definition) is 6. The number of benzene rings is 3. The van der Waals surface area contributed by atoms with E-state index in [1.165, 1.54) is 39.8 Å². The minimum Gasteiger partial charge on any atom is -0.459 e. The Bertz CT molecular complexity index is 2880. The molecule has 2 N–H and O–H groups in total. The lowest BCUT2D eigenvalue weighted by molar-refractivity contribution is -0.114. The van der Waals surface area contributed by atoms with Gasteiger partial charge < -0.3 is 20.1 Å². The van der Waals surface area contributed by atoms with Crippen LogP contribution in [0.25, 0.3) is 0 Å². The number of nitrogens with one attached hydrogen (secondary N) is 2. The van der Waals surface area contributed by atoms with E-state index in [1.54, 1.807) is 24.0 Å². The van der Waals surface area contributed by atoms with Crippen molar-refractivity contribution in [3.63, 3.8) is 0 Å². The maximum absolute atomic E-state index is 14.1. The molecular weight excluding hydrogens is 877 g/mol. The van der Waals surface area contributed by atoms with Crippen LogP contribution in [0.5, 0.6) is 6.01 Å². The number of para-hydroxylation sites is 2. The van der Waals surface area contributed by atoms with Crippen molar-refractivity contribution in [2.45, 2.75) is 138 Å². The molecular formula is C63H72N4O4. The highest BCUT2D eigenvalue weighted by atomic mass is 16.5. The maximum atomic E-state index is 14.1. The fraction of sp³-hybridized carbons (Fsp3) is 0.429. The van der Waals surface area contributed by atoms with Gasteiger partial charge in [-0.1, -0.05) is 145 Å². The van der Waals surface area contributed by atoms with Crippen LogP contribution in [-0.4, -0.2) is 34.0 Å². The summed E-state index contributed by atoms with van der Waals surface area (Å²) in [4.78, 5) is 37.0. The molecule has 8 nitrogen and oxygen atoms in total. The van der Waals surface area contributed by atoms with Crippen molar-refractivity contribution in [1.29, 1.82) is 0 Å². The second kappa shape index (κ2) is 19.5. The second-order valence-corrected chi connectivity index (χ2v) is 22.9. The van der Waals surface area contributed by atoms with Gasteiger partial charge in [0.1, 0.15) is 6.10 Å². The van der Waals surface area contributed by atoms with E-state index in [0.717, 1.165) is 73.9 Å². The van der Waals surface area contributed by atoms with Crippen LogP contribution in [0.15, 0.2) is 172 Å². The summed E-state index contributed by atoms with van der Waals surface area (Å²) >= 11 is 0. The first kappa shape index (κ1) is 48.5. The molecule has 7 atom stereocenters. The Balaban J connectivity index is 0.925. The molecule has 3 aromatic carbocycles. The number of hydrogen-bond donors (Lipinski definition) is 2. The molecule has 2 fully saturated rings. The van der Waals surface area contributed by atoms with Crippen molar-refractivity contribution in [2.75, 3.05) is 10.6 Å². The Kier molecular flexibility index (Phi) is 13.3. The Hall–Kier alpha value is -6.12. The third kappa shape index (κ3) is 9.45. The lowest BCUT2D eigenvalue weighted by Crippen LogP contribution is -2.45. The normalized spacial score (nSPS) is 28.5. The van der Waals surface area contributed by atoms with E-state index in [2.05, 4.69) is 112 Å². The van der Waals surface area contributed by atoms with E-state index < -0.39 is 0 Å². The summed E-state index contributed by atoms with van der Waals surface area (Å²) in [6.45, 7) is 17.2. The summed E-state index contributed by atoms with van der Waals surface area (Å²) in [5.74, 6) is 0.563. The summed E-state index contributed by atoms with van der Waals surface area (Å²) in [5.41, 5.74) is 13.7. The van der Waals surface area contributed by atoms with Gasteiger partial charge in [-0.15, -0.1) is 0 Å². The first-order chi connectivity index (χ1) is 34.2. The fourth-order valence-electron chi connectivity index (χ4n) is 13.4. The van der Waals surface area contributed by atoms with Gasteiger partial charge in [0.05, 0.1) is 12.7 Å². The van der Waals surface area contributed by atoms with Crippen LogP contribution in [0.2, 0.25) is 0 Å². The topological polar surface area (TPSA) is 102 Å². The van der Waals surface area contributed by atoms with Crippen LogP contribution in [0.4, 0.5) is 11.4 Å². The minimum atomic E-state index is -0.380. The lowest BCUT2D eigenvalue weighted by Gasteiger charge is -2.49. The molecule has 71 heavy (non-hydrogen) atoms. The van der Waals surface area contributed by atoms with Gasteiger partial charge in [-0.25, -0.2) is 9.97 Å². The van der Waals surface area contributed by atoms with Crippen molar-refractivity contribution in [2.24, 2.45) is 33.5 Å². The third-order valence-electron chi connectivity index (χ3n) is 17.7. The molecule has 10 rings (SSSR count). The molecule has 0 bridgehead atoms. The van der Waals surface area contributed by atoms with Crippen LogP contribution >= 0.6 is 0 Å². The number of carbonyl (C=O) groups excluding carboxylic acids is 2. The van der Waals surface area contributed by atoms with E-state index in [1.807, 2.05) is 66.7 Å². The van der Waals surface area contributed by atoms with Crippen molar-refractivity contribution in [1.82, 2.24) is 9.97 Å². The molecule has 1 aromatic heterocycles. The zero-order valence-corrected chi connectivity index (χ0v) is 42.9. The quantitative estimate of drug-likeness (QED) is 0.138. The van der Waals surface area contributed by atoms with Crippen LogP contribution in [0.3, 0.4) is 0 Å². The summed E-state index contributed by atoms with van der Waals surface area (Å²) < 4.78 is 14.0. The molecule has 1 heterocycles. The number of amides is 2.